The maximum Gasteiger partial charge on any atom is 0.348 e. The maximum absolute atomic E-state index is 12.5. The van der Waals surface area contributed by atoms with Gasteiger partial charge in [-0.3, -0.25) is 10.1 Å². The van der Waals surface area contributed by atoms with Crippen LogP contribution in [-0.4, -0.2) is 30.1 Å². The second kappa shape index (κ2) is 9.84. The van der Waals surface area contributed by atoms with Crippen molar-refractivity contribution in [1.29, 1.82) is 0 Å². The summed E-state index contributed by atoms with van der Waals surface area (Å²) in [5.41, 5.74) is 1.37. The number of fused-ring (bicyclic) bond motifs is 1. The first-order valence-electron chi connectivity index (χ1n) is 9.64. The Morgan fingerprint density at radius 1 is 1.10 bits per heavy atom. The number of rotatable bonds is 9. The molecule has 0 fully saturated rings. The predicted octanol–water partition coefficient (Wildman–Crippen LogP) is 5.66. The Balaban J connectivity index is 1.64. The second-order valence-corrected chi connectivity index (χ2v) is 8.46. The number of anilines is 1. The first-order chi connectivity index (χ1) is 14.0. The Morgan fingerprint density at radius 3 is 2.52 bits per heavy atom. The van der Waals surface area contributed by atoms with Crippen molar-refractivity contribution in [3.63, 3.8) is 0 Å². The van der Waals surface area contributed by atoms with Crippen LogP contribution in [0.15, 0.2) is 24.3 Å². The van der Waals surface area contributed by atoms with Crippen LogP contribution in [0.25, 0.3) is 9.53 Å². The van der Waals surface area contributed by atoms with E-state index in [1.54, 1.807) is 31.2 Å². The summed E-state index contributed by atoms with van der Waals surface area (Å²) in [6.45, 7) is 6.82. The molecule has 0 aliphatic heterocycles. The van der Waals surface area contributed by atoms with Crippen LogP contribution < -0.4 is 10.1 Å². The highest BCUT2D eigenvalue weighted by atomic mass is 32.1. The van der Waals surface area contributed by atoms with Gasteiger partial charge in [-0.1, -0.05) is 31.1 Å². The van der Waals surface area contributed by atoms with Gasteiger partial charge in [0.15, 0.2) is 5.13 Å². The first kappa shape index (κ1) is 21.3. The molecule has 6 nitrogen and oxygen atoms in total. The molecule has 29 heavy (non-hydrogen) atoms. The van der Waals surface area contributed by atoms with Crippen LogP contribution in [0.1, 0.15) is 58.7 Å². The molecule has 154 valence electrons. The minimum Gasteiger partial charge on any atom is -0.494 e. The molecular formula is C21H24N2O4S2. The van der Waals surface area contributed by atoms with E-state index < -0.39 is 0 Å². The van der Waals surface area contributed by atoms with Crippen LogP contribution in [0.3, 0.4) is 0 Å². The van der Waals surface area contributed by atoms with Gasteiger partial charge < -0.3 is 9.47 Å². The number of unbranched alkanes of at least 4 members (excludes halogenated alkanes) is 2. The number of carbonyl (C=O) groups excluding carboxylic acids is 2. The third-order valence-corrected chi connectivity index (χ3v) is 6.68. The average molecular weight is 433 g/mol. The van der Waals surface area contributed by atoms with E-state index in [2.05, 4.69) is 17.2 Å². The van der Waals surface area contributed by atoms with Crippen molar-refractivity contribution in [2.75, 3.05) is 18.5 Å². The number of aromatic nitrogens is 1. The number of hydrogen-bond donors (Lipinski definition) is 1. The topological polar surface area (TPSA) is 77.5 Å². The summed E-state index contributed by atoms with van der Waals surface area (Å²) >= 11 is 2.64. The standard InChI is InChI=1S/C21H24N2O4S2/c1-4-6-7-12-27-15-10-8-14(9-11-15)18(24)22-21-23-19-16(29-21)13(3)17(28-19)20(25)26-5-2/h8-11H,4-7,12H2,1-3H3,(H,22,23,24). The SMILES string of the molecule is CCCCCOc1ccc(C(=O)Nc2nc3sc(C(=O)OCC)c(C)c3s2)cc1. The second-order valence-electron chi connectivity index (χ2n) is 6.46. The molecule has 8 heteroatoms. The van der Waals surface area contributed by atoms with E-state index in [-0.39, 0.29) is 11.9 Å². The van der Waals surface area contributed by atoms with Gasteiger partial charge in [-0.15, -0.1) is 11.3 Å². The van der Waals surface area contributed by atoms with Crippen LogP contribution in [0.2, 0.25) is 0 Å². The largest absolute Gasteiger partial charge is 0.494 e. The van der Waals surface area contributed by atoms with Gasteiger partial charge in [-0.05, 0) is 50.1 Å². The van der Waals surface area contributed by atoms with E-state index in [0.29, 0.717) is 28.8 Å². The van der Waals surface area contributed by atoms with E-state index >= 15 is 0 Å². The summed E-state index contributed by atoms with van der Waals surface area (Å²) in [7, 11) is 0. The van der Waals surface area contributed by atoms with E-state index in [9.17, 15) is 9.59 Å². The highest BCUT2D eigenvalue weighted by Gasteiger charge is 2.20. The van der Waals surface area contributed by atoms with Crippen LogP contribution in [0.5, 0.6) is 5.75 Å². The number of nitrogens with zero attached hydrogens (tertiary/aromatic N) is 1. The van der Waals surface area contributed by atoms with E-state index in [0.717, 1.165) is 40.1 Å². The van der Waals surface area contributed by atoms with Gasteiger partial charge in [0.25, 0.3) is 5.91 Å². The van der Waals surface area contributed by atoms with Crippen LogP contribution in [-0.2, 0) is 4.74 Å². The number of amides is 1. The minimum absolute atomic E-state index is 0.229. The molecule has 1 N–H and O–H groups in total. The zero-order valence-electron chi connectivity index (χ0n) is 16.7. The van der Waals surface area contributed by atoms with Gasteiger partial charge in [0.05, 0.1) is 17.9 Å². The highest BCUT2D eigenvalue weighted by molar-refractivity contribution is 7.30. The van der Waals surface area contributed by atoms with Crippen LogP contribution in [0.4, 0.5) is 5.13 Å². The molecule has 0 radical (unpaired) electrons. The van der Waals surface area contributed by atoms with E-state index in [4.69, 9.17) is 9.47 Å². The summed E-state index contributed by atoms with van der Waals surface area (Å²) in [5, 5.41) is 3.34. The smallest absolute Gasteiger partial charge is 0.348 e. The van der Waals surface area contributed by atoms with Crippen molar-refractivity contribution in [3.05, 3.63) is 40.3 Å². The summed E-state index contributed by atoms with van der Waals surface area (Å²) < 4.78 is 11.6. The van der Waals surface area contributed by atoms with E-state index in [1.165, 1.54) is 22.7 Å². The Hall–Kier alpha value is -2.45. The molecule has 0 aliphatic rings. The molecular weight excluding hydrogens is 408 g/mol. The molecule has 3 aromatic rings. The van der Waals surface area contributed by atoms with Gasteiger partial charge in [0, 0.05) is 5.56 Å². The lowest BCUT2D eigenvalue weighted by atomic mass is 10.2. The molecule has 1 amide bonds. The molecule has 0 aliphatic carbocycles. The van der Waals surface area contributed by atoms with E-state index in [1.807, 2.05) is 6.92 Å². The summed E-state index contributed by atoms with van der Waals surface area (Å²) in [6, 6.07) is 7.09. The molecule has 0 spiro atoms. The number of esters is 1. The molecule has 2 heterocycles. The van der Waals surface area contributed by atoms with Crippen molar-refractivity contribution >= 4 is 49.2 Å². The third-order valence-electron chi connectivity index (χ3n) is 4.29. The maximum atomic E-state index is 12.5. The number of thiophene rings is 1. The zero-order chi connectivity index (χ0) is 20.8. The summed E-state index contributed by atoms with van der Waals surface area (Å²) in [6.07, 6.45) is 3.32. The molecule has 0 bridgehead atoms. The zero-order valence-corrected chi connectivity index (χ0v) is 18.4. The molecule has 0 saturated heterocycles. The number of ether oxygens (including phenoxy) is 2. The lowest BCUT2D eigenvalue weighted by Crippen LogP contribution is -2.11. The summed E-state index contributed by atoms with van der Waals surface area (Å²) in [4.78, 5) is 30.2. The van der Waals surface area contributed by atoms with Gasteiger partial charge >= 0.3 is 5.97 Å². The molecule has 1 aromatic carbocycles. The third kappa shape index (κ3) is 5.13. The monoisotopic (exact) mass is 432 g/mol. The average Bonchev–Trinajstić information content (AvgIpc) is 3.24. The number of nitrogens with one attached hydrogen (secondary N) is 1. The fourth-order valence-electron chi connectivity index (χ4n) is 2.75. The molecule has 0 unspecified atom stereocenters. The van der Waals surface area contributed by atoms with Gasteiger partial charge in [-0.2, -0.15) is 0 Å². The van der Waals surface area contributed by atoms with Crippen molar-refractivity contribution in [2.24, 2.45) is 0 Å². The summed E-state index contributed by atoms with van der Waals surface area (Å²) in [5.74, 6) is 0.199. The van der Waals surface area contributed by atoms with Crippen LogP contribution in [0, 0.1) is 6.92 Å². The van der Waals surface area contributed by atoms with Crippen LogP contribution >= 0.6 is 22.7 Å². The fraction of sp³-hybridized carbons (Fsp3) is 0.381. The Bertz CT molecular complexity index is 992. The Labute approximate surface area is 177 Å². The number of aryl methyl sites for hydroxylation is 1. The van der Waals surface area contributed by atoms with Crippen molar-refractivity contribution < 1.29 is 19.1 Å². The van der Waals surface area contributed by atoms with Crippen molar-refractivity contribution in [1.82, 2.24) is 4.98 Å². The number of benzene rings is 1. The predicted molar refractivity (Wildman–Crippen MR) is 118 cm³/mol. The molecule has 0 atom stereocenters. The molecule has 3 rings (SSSR count). The normalized spacial score (nSPS) is 10.9. The lowest BCUT2D eigenvalue weighted by Gasteiger charge is -2.07. The molecule has 0 saturated carbocycles. The Morgan fingerprint density at radius 2 is 1.86 bits per heavy atom. The van der Waals surface area contributed by atoms with Crippen molar-refractivity contribution in [2.45, 2.75) is 40.0 Å². The minimum atomic E-state index is -0.331. The van der Waals surface area contributed by atoms with Gasteiger partial charge in [-0.25, -0.2) is 9.78 Å². The van der Waals surface area contributed by atoms with Gasteiger partial charge in [0.1, 0.15) is 15.5 Å². The first-order valence-corrected chi connectivity index (χ1v) is 11.3. The quantitative estimate of drug-likeness (QED) is 0.348. The van der Waals surface area contributed by atoms with Gasteiger partial charge in [0.2, 0.25) is 0 Å². The van der Waals surface area contributed by atoms with Crippen molar-refractivity contribution in [3.8, 4) is 5.75 Å². The number of hydrogen-bond acceptors (Lipinski definition) is 7. The Kier molecular flexibility index (Phi) is 7.22. The lowest BCUT2D eigenvalue weighted by molar-refractivity contribution is 0.0531. The fourth-order valence-corrected chi connectivity index (χ4v) is 4.96. The highest BCUT2D eigenvalue weighted by Crippen LogP contribution is 2.37. The number of thiazole rings is 1. The number of carbonyl (C=O) groups is 2. The molecule has 2 aromatic heterocycles.